The molecule has 0 aliphatic carbocycles. The average molecular weight is 393 g/mol. The quantitative estimate of drug-likeness (QED) is 0.741. The fourth-order valence-electron chi connectivity index (χ4n) is 1.84. The van der Waals surface area contributed by atoms with E-state index < -0.39 is 10.0 Å². The van der Waals surface area contributed by atoms with Gasteiger partial charge in [0.2, 0.25) is 10.0 Å². The van der Waals surface area contributed by atoms with Crippen LogP contribution in [0.4, 0.5) is 5.69 Å². The first kappa shape index (κ1) is 16.5. The van der Waals surface area contributed by atoms with Crippen molar-refractivity contribution in [3.05, 3.63) is 33.9 Å². The van der Waals surface area contributed by atoms with Gasteiger partial charge in [-0.2, -0.15) is 0 Å². The maximum Gasteiger partial charge on any atom is 0.211 e. The van der Waals surface area contributed by atoms with Gasteiger partial charge < -0.3 is 5.32 Å². The number of nitrogens with one attached hydrogen (secondary N) is 2. The molecule has 2 N–H and O–H groups in total. The molecule has 0 unspecified atom stereocenters. The second-order valence-corrected chi connectivity index (χ2v) is 7.79. The Balaban J connectivity index is 2.12. The topological polar surface area (TPSA) is 71.1 Å². The molecule has 1 heterocycles. The third kappa shape index (κ3) is 4.29. The van der Waals surface area contributed by atoms with Gasteiger partial charge in [0.15, 0.2) is 0 Å². The van der Waals surface area contributed by atoms with Gasteiger partial charge in [0.25, 0.3) is 0 Å². The van der Waals surface area contributed by atoms with E-state index in [2.05, 4.69) is 31.0 Å². The summed E-state index contributed by atoms with van der Waals surface area (Å²) in [5, 5.41) is 4.64. The summed E-state index contributed by atoms with van der Waals surface area (Å²) < 4.78 is 26.1. The summed E-state index contributed by atoms with van der Waals surface area (Å²) in [5.41, 5.74) is 1.57. The van der Waals surface area contributed by atoms with Crippen LogP contribution in [0.3, 0.4) is 0 Å². The van der Waals surface area contributed by atoms with Gasteiger partial charge >= 0.3 is 0 Å². The highest BCUT2D eigenvalue weighted by Crippen LogP contribution is 2.30. The Kier molecular flexibility index (Phi) is 5.43. The van der Waals surface area contributed by atoms with E-state index in [4.69, 9.17) is 11.6 Å². The van der Waals surface area contributed by atoms with E-state index in [9.17, 15) is 8.42 Å². The zero-order valence-electron chi connectivity index (χ0n) is 11.4. The molecule has 0 fully saturated rings. The van der Waals surface area contributed by atoms with Gasteiger partial charge in [-0.05, 0) is 25.1 Å². The largest absolute Gasteiger partial charge is 0.383 e. The van der Waals surface area contributed by atoms with Crippen molar-refractivity contribution in [2.75, 3.05) is 24.2 Å². The Bertz CT molecular complexity index is 752. The lowest BCUT2D eigenvalue weighted by atomic mass is 10.2. The van der Waals surface area contributed by atoms with Crippen molar-refractivity contribution in [3.63, 3.8) is 0 Å². The fourth-order valence-corrected chi connectivity index (χ4v) is 3.31. The zero-order valence-corrected chi connectivity index (χ0v) is 14.5. The molecule has 0 spiro atoms. The highest BCUT2D eigenvalue weighted by atomic mass is 79.9. The van der Waals surface area contributed by atoms with Crippen LogP contribution >= 0.6 is 27.5 Å². The molecule has 5 nitrogen and oxygen atoms in total. The molecule has 0 bridgehead atoms. The van der Waals surface area contributed by atoms with Crippen molar-refractivity contribution in [1.82, 2.24) is 9.71 Å². The Morgan fingerprint density at radius 1 is 1.33 bits per heavy atom. The van der Waals surface area contributed by atoms with Gasteiger partial charge in [0.05, 0.1) is 16.3 Å². The number of hydrogen-bond donors (Lipinski definition) is 2. The summed E-state index contributed by atoms with van der Waals surface area (Å²) in [6, 6.07) is 5.54. The summed E-state index contributed by atoms with van der Waals surface area (Å²) in [7, 11) is -3.16. The van der Waals surface area contributed by atoms with Crippen LogP contribution in [0.15, 0.2) is 28.9 Å². The Hall–Kier alpha value is -0.890. The van der Waals surface area contributed by atoms with Gasteiger partial charge in [-0.25, -0.2) is 13.1 Å². The predicted molar refractivity (Wildman–Crippen MR) is 90.4 cm³/mol. The van der Waals surface area contributed by atoms with E-state index in [1.165, 1.54) is 0 Å². The van der Waals surface area contributed by atoms with Crippen LogP contribution in [0.2, 0.25) is 5.02 Å². The molecular weight excluding hydrogens is 378 g/mol. The fraction of sp³-hybridized carbons (Fsp3) is 0.308. The van der Waals surface area contributed by atoms with Crippen LogP contribution in [-0.4, -0.2) is 32.2 Å². The molecule has 8 heteroatoms. The van der Waals surface area contributed by atoms with Crippen LogP contribution in [0, 0.1) is 0 Å². The molecule has 1 aromatic carbocycles. The number of rotatable bonds is 6. The number of benzene rings is 1. The smallest absolute Gasteiger partial charge is 0.211 e. The van der Waals surface area contributed by atoms with Crippen molar-refractivity contribution >= 4 is 54.1 Å². The molecule has 0 aliphatic heterocycles. The lowest BCUT2D eigenvalue weighted by Gasteiger charge is -2.11. The number of pyridine rings is 1. The molecule has 0 amide bonds. The summed E-state index contributed by atoms with van der Waals surface area (Å²) in [6.07, 6.45) is 1.67. The SMILES string of the molecule is CCS(=O)(=O)NCCNc1ccnc2c(Cl)cc(Br)cc12. The average Bonchev–Trinajstić information content (AvgIpc) is 2.44. The number of nitrogens with zero attached hydrogens (tertiary/aromatic N) is 1. The van der Waals surface area contributed by atoms with E-state index in [-0.39, 0.29) is 5.75 Å². The predicted octanol–water partition coefficient (Wildman–Crippen LogP) is 3.00. The molecule has 0 atom stereocenters. The van der Waals surface area contributed by atoms with Crippen molar-refractivity contribution in [3.8, 4) is 0 Å². The van der Waals surface area contributed by atoms with E-state index in [1.54, 1.807) is 19.2 Å². The molecular formula is C13H15BrClN3O2S. The normalized spacial score (nSPS) is 11.8. The minimum atomic E-state index is -3.16. The van der Waals surface area contributed by atoms with Gasteiger partial charge in [0.1, 0.15) is 0 Å². The number of hydrogen-bond acceptors (Lipinski definition) is 4. The third-order valence-corrected chi connectivity index (χ3v) is 5.06. The van der Waals surface area contributed by atoms with Crippen LogP contribution < -0.4 is 10.0 Å². The van der Waals surface area contributed by atoms with E-state index in [0.717, 1.165) is 15.5 Å². The second kappa shape index (κ2) is 6.91. The Labute approximate surface area is 137 Å². The molecule has 21 heavy (non-hydrogen) atoms. The number of halogens is 2. The van der Waals surface area contributed by atoms with E-state index in [0.29, 0.717) is 23.6 Å². The Morgan fingerprint density at radius 2 is 2.10 bits per heavy atom. The first-order valence-corrected chi connectivity index (χ1v) is 9.20. The maximum absolute atomic E-state index is 11.3. The zero-order chi connectivity index (χ0) is 15.5. The number of sulfonamides is 1. The molecule has 0 aliphatic rings. The molecule has 0 saturated heterocycles. The number of fused-ring (bicyclic) bond motifs is 1. The third-order valence-electron chi connectivity index (χ3n) is 2.91. The van der Waals surface area contributed by atoms with Gasteiger partial charge in [-0.15, -0.1) is 0 Å². The van der Waals surface area contributed by atoms with Gasteiger partial charge in [0, 0.05) is 34.8 Å². The lowest BCUT2D eigenvalue weighted by Crippen LogP contribution is -2.30. The highest BCUT2D eigenvalue weighted by molar-refractivity contribution is 9.10. The summed E-state index contributed by atoms with van der Waals surface area (Å²) in [4.78, 5) is 4.26. The standard InChI is InChI=1S/C13H15BrClN3O2S/c1-2-21(19,20)18-6-5-16-12-3-4-17-13-10(12)7-9(14)8-11(13)15/h3-4,7-8,18H,2,5-6H2,1H3,(H,16,17). The van der Waals surface area contributed by atoms with E-state index >= 15 is 0 Å². The maximum atomic E-state index is 11.3. The molecule has 114 valence electrons. The van der Waals surface area contributed by atoms with Gasteiger partial charge in [-0.1, -0.05) is 27.5 Å². The van der Waals surface area contributed by atoms with E-state index in [1.807, 2.05) is 12.1 Å². The van der Waals surface area contributed by atoms with Crippen molar-refractivity contribution in [2.45, 2.75) is 6.92 Å². The van der Waals surface area contributed by atoms with Crippen LogP contribution in [0.5, 0.6) is 0 Å². The molecule has 0 radical (unpaired) electrons. The van der Waals surface area contributed by atoms with Crippen LogP contribution in [-0.2, 0) is 10.0 Å². The van der Waals surface area contributed by atoms with Crippen molar-refractivity contribution < 1.29 is 8.42 Å². The molecule has 0 saturated carbocycles. The number of aromatic nitrogens is 1. The van der Waals surface area contributed by atoms with Crippen LogP contribution in [0.1, 0.15) is 6.92 Å². The molecule has 2 rings (SSSR count). The molecule has 1 aromatic heterocycles. The lowest BCUT2D eigenvalue weighted by molar-refractivity contribution is 0.584. The van der Waals surface area contributed by atoms with Gasteiger partial charge in [-0.3, -0.25) is 4.98 Å². The van der Waals surface area contributed by atoms with Crippen molar-refractivity contribution in [2.24, 2.45) is 0 Å². The number of anilines is 1. The first-order valence-electron chi connectivity index (χ1n) is 6.38. The van der Waals surface area contributed by atoms with Crippen LogP contribution in [0.25, 0.3) is 10.9 Å². The molecule has 2 aromatic rings. The monoisotopic (exact) mass is 391 g/mol. The summed E-state index contributed by atoms with van der Waals surface area (Å²) >= 11 is 9.57. The minimum Gasteiger partial charge on any atom is -0.383 e. The minimum absolute atomic E-state index is 0.0771. The summed E-state index contributed by atoms with van der Waals surface area (Å²) in [6.45, 7) is 2.40. The Morgan fingerprint density at radius 3 is 2.81 bits per heavy atom. The first-order chi connectivity index (χ1) is 9.93. The highest BCUT2D eigenvalue weighted by Gasteiger charge is 2.08. The van der Waals surface area contributed by atoms with Crippen molar-refractivity contribution in [1.29, 1.82) is 0 Å². The summed E-state index contributed by atoms with van der Waals surface area (Å²) in [5.74, 6) is 0.0771. The second-order valence-electron chi connectivity index (χ2n) is 4.37.